The molecular formula is C14H13NO2S. The van der Waals surface area contributed by atoms with Gasteiger partial charge in [0, 0.05) is 23.0 Å². The largest absolute Gasteiger partial charge is 0.478 e. The van der Waals surface area contributed by atoms with Crippen molar-refractivity contribution in [3.8, 4) is 0 Å². The molecule has 0 bridgehead atoms. The molecular weight excluding hydrogens is 246 g/mol. The summed E-state index contributed by atoms with van der Waals surface area (Å²) in [5.74, 6) is 0.0269. The molecule has 0 aliphatic rings. The molecule has 0 fully saturated rings. The molecule has 0 unspecified atom stereocenters. The lowest BCUT2D eigenvalue weighted by molar-refractivity contribution is 0.0696. The fraction of sp³-hybridized carbons (Fsp3) is 0.143. The van der Waals surface area contributed by atoms with Crippen LogP contribution in [0.2, 0.25) is 0 Å². The van der Waals surface area contributed by atoms with Crippen LogP contribution in [0.4, 0.5) is 0 Å². The fourth-order valence-electron chi connectivity index (χ4n) is 1.55. The summed E-state index contributed by atoms with van der Waals surface area (Å²) in [6, 6.07) is 11.0. The van der Waals surface area contributed by atoms with Gasteiger partial charge in [-0.2, -0.15) is 0 Å². The van der Waals surface area contributed by atoms with Gasteiger partial charge < -0.3 is 5.11 Å². The topological polar surface area (TPSA) is 50.2 Å². The number of benzene rings is 1. The first-order valence-corrected chi connectivity index (χ1v) is 6.59. The van der Waals surface area contributed by atoms with Crippen molar-refractivity contribution < 1.29 is 9.90 Å². The van der Waals surface area contributed by atoms with Crippen molar-refractivity contribution in [2.75, 3.05) is 5.75 Å². The predicted octanol–water partition coefficient (Wildman–Crippen LogP) is 3.11. The van der Waals surface area contributed by atoms with Crippen LogP contribution in [0.3, 0.4) is 0 Å². The molecule has 0 saturated heterocycles. The Kier molecular flexibility index (Phi) is 4.36. The third-order valence-electron chi connectivity index (χ3n) is 2.46. The number of aromatic nitrogens is 1. The first kappa shape index (κ1) is 12.6. The summed E-state index contributed by atoms with van der Waals surface area (Å²) in [6.07, 6.45) is 4.54. The number of rotatable bonds is 5. The molecule has 92 valence electrons. The summed E-state index contributed by atoms with van der Waals surface area (Å²) in [5.41, 5.74) is 1.53. The standard InChI is InChI=1S/C14H13NO2S/c16-14(17)12-4-1-5-13(9-12)18-8-6-11-3-2-7-15-10-11/h1-5,7,9-10H,6,8H2,(H,16,17). The molecule has 1 aromatic heterocycles. The van der Waals surface area contributed by atoms with Crippen LogP contribution in [0.25, 0.3) is 0 Å². The van der Waals surface area contributed by atoms with Gasteiger partial charge in [0.15, 0.2) is 0 Å². The monoisotopic (exact) mass is 259 g/mol. The third-order valence-corrected chi connectivity index (χ3v) is 3.46. The summed E-state index contributed by atoms with van der Waals surface area (Å²) >= 11 is 1.66. The van der Waals surface area contributed by atoms with Crippen LogP contribution in [-0.4, -0.2) is 21.8 Å². The second-order valence-corrected chi connectivity index (χ2v) is 4.96. The Bertz CT molecular complexity index is 528. The molecule has 1 aromatic carbocycles. The molecule has 2 aromatic rings. The number of carbonyl (C=O) groups is 1. The van der Waals surface area contributed by atoms with E-state index in [-0.39, 0.29) is 0 Å². The van der Waals surface area contributed by atoms with E-state index in [9.17, 15) is 4.79 Å². The highest BCUT2D eigenvalue weighted by Gasteiger charge is 2.03. The van der Waals surface area contributed by atoms with Gasteiger partial charge in [0.25, 0.3) is 0 Å². The van der Waals surface area contributed by atoms with Crippen molar-refractivity contribution in [3.63, 3.8) is 0 Å². The van der Waals surface area contributed by atoms with Gasteiger partial charge in [0.05, 0.1) is 5.56 Å². The number of aryl methyl sites for hydroxylation is 1. The number of aromatic carboxylic acids is 1. The van der Waals surface area contributed by atoms with Crippen molar-refractivity contribution >= 4 is 17.7 Å². The lowest BCUT2D eigenvalue weighted by Gasteiger charge is -2.03. The Balaban J connectivity index is 1.90. The zero-order valence-electron chi connectivity index (χ0n) is 9.74. The minimum absolute atomic E-state index is 0.335. The minimum Gasteiger partial charge on any atom is -0.478 e. The fourth-order valence-corrected chi connectivity index (χ4v) is 2.51. The SMILES string of the molecule is O=C(O)c1cccc(SCCc2cccnc2)c1. The molecule has 1 heterocycles. The van der Waals surface area contributed by atoms with Crippen LogP contribution in [0, 0.1) is 0 Å². The molecule has 1 N–H and O–H groups in total. The second kappa shape index (κ2) is 6.21. The Morgan fingerprint density at radius 3 is 2.89 bits per heavy atom. The van der Waals surface area contributed by atoms with Gasteiger partial charge in [-0.3, -0.25) is 4.98 Å². The molecule has 0 aliphatic carbocycles. The molecule has 4 heteroatoms. The Morgan fingerprint density at radius 1 is 1.28 bits per heavy atom. The second-order valence-electron chi connectivity index (χ2n) is 3.79. The normalized spacial score (nSPS) is 10.2. The zero-order valence-corrected chi connectivity index (χ0v) is 10.6. The first-order valence-electron chi connectivity index (χ1n) is 5.61. The van der Waals surface area contributed by atoms with E-state index in [4.69, 9.17) is 5.11 Å². The predicted molar refractivity (Wildman–Crippen MR) is 72.1 cm³/mol. The van der Waals surface area contributed by atoms with Gasteiger partial charge in [0.1, 0.15) is 0 Å². The Hall–Kier alpha value is -1.81. The number of carboxylic acid groups (broad SMARTS) is 1. The molecule has 0 aliphatic heterocycles. The quantitative estimate of drug-likeness (QED) is 0.838. The molecule has 0 spiro atoms. The average Bonchev–Trinajstić information content (AvgIpc) is 2.40. The summed E-state index contributed by atoms with van der Waals surface area (Å²) in [7, 11) is 0. The number of carboxylic acids is 1. The number of hydrogen-bond acceptors (Lipinski definition) is 3. The van der Waals surface area contributed by atoms with Crippen LogP contribution in [0.15, 0.2) is 53.7 Å². The summed E-state index contributed by atoms with van der Waals surface area (Å²) in [5, 5.41) is 8.90. The van der Waals surface area contributed by atoms with Crippen LogP contribution < -0.4 is 0 Å². The Labute approximate surface area is 110 Å². The average molecular weight is 259 g/mol. The van der Waals surface area contributed by atoms with Crippen LogP contribution in [0.5, 0.6) is 0 Å². The van der Waals surface area contributed by atoms with E-state index in [0.29, 0.717) is 5.56 Å². The number of pyridine rings is 1. The van der Waals surface area contributed by atoms with Crippen LogP contribution in [-0.2, 0) is 6.42 Å². The first-order chi connectivity index (χ1) is 8.75. The smallest absolute Gasteiger partial charge is 0.335 e. The zero-order chi connectivity index (χ0) is 12.8. The molecule has 18 heavy (non-hydrogen) atoms. The molecule has 0 atom stereocenters. The Morgan fingerprint density at radius 2 is 2.17 bits per heavy atom. The van der Waals surface area contributed by atoms with Crippen molar-refractivity contribution in [2.45, 2.75) is 11.3 Å². The lowest BCUT2D eigenvalue weighted by Crippen LogP contribution is -1.95. The summed E-state index contributed by atoms with van der Waals surface area (Å²) < 4.78 is 0. The highest BCUT2D eigenvalue weighted by Crippen LogP contribution is 2.20. The maximum Gasteiger partial charge on any atom is 0.335 e. The van der Waals surface area contributed by atoms with Crippen LogP contribution >= 0.6 is 11.8 Å². The molecule has 3 nitrogen and oxygen atoms in total. The van der Waals surface area contributed by atoms with Crippen molar-refractivity contribution in [3.05, 3.63) is 59.9 Å². The number of thioether (sulfide) groups is 1. The number of nitrogens with zero attached hydrogens (tertiary/aromatic N) is 1. The van der Waals surface area contributed by atoms with Crippen molar-refractivity contribution in [1.82, 2.24) is 4.98 Å². The maximum atomic E-state index is 10.8. The van der Waals surface area contributed by atoms with Gasteiger partial charge in [-0.15, -0.1) is 11.8 Å². The van der Waals surface area contributed by atoms with E-state index in [1.807, 2.05) is 24.4 Å². The van der Waals surface area contributed by atoms with E-state index >= 15 is 0 Å². The van der Waals surface area contributed by atoms with Crippen molar-refractivity contribution in [2.24, 2.45) is 0 Å². The van der Waals surface area contributed by atoms with E-state index in [1.54, 1.807) is 36.2 Å². The summed E-state index contributed by atoms with van der Waals surface area (Å²) in [4.78, 5) is 15.9. The van der Waals surface area contributed by atoms with E-state index < -0.39 is 5.97 Å². The van der Waals surface area contributed by atoms with Gasteiger partial charge in [-0.25, -0.2) is 4.79 Å². The molecule has 0 amide bonds. The lowest BCUT2D eigenvalue weighted by atomic mass is 10.2. The van der Waals surface area contributed by atoms with Gasteiger partial charge in [0.2, 0.25) is 0 Å². The van der Waals surface area contributed by atoms with Gasteiger partial charge in [-0.05, 0) is 36.2 Å². The van der Waals surface area contributed by atoms with Crippen LogP contribution in [0.1, 0.15) is 15.9 Å². The number of hydrogen-bond donors (Lipinski definition) is 1. The minimum atomic E-state index is -0.885. The van der Waals surface area contributed by atoms with E-state index in [2.05, 4.69) is 4.98 Å². The molecule has 2 rings (SSSR count). The summed E-state index contributed by atoms with van der Waals surface area (Å²) in [6.45, 7) is 0. The van der Waals surface area contributed by atoms with E-state index in [1.165, 1.54) is 5.56 Å². The van der Waals surface area contributed by atoms with E-state index in [0.717, 1.165) is 17.1 Å². The maximum absolute atomic E-state index is 10.8. The van der Waals surface area contributed by atoms with Gasteiger partial charge >= 0.3 is 5.97 Å². The highest BCUT2D eigenvalue weighted by molar-refractivity contribution is 7.99. The highest BCUT2D eigenvalue weighted by atomic mass is 32.2. The van der Waals surface area contributed by atoms with Crippen molar-refractivity contribution in [1.29, 1.82) is 0 Å². The third kappa shape index (κ3) is 3.60. The van der Waals surface area contributed by atoms with Gasteiger partial charge in [-0.1, -0.05) is 12.1 Å². The molecule has 0 radical (unpaired) electrons. The molecule has 0 saturated carbocycles.